The molecular weight excluding hydrogens is 222 g/mol. The van der Waals surface area contributed by atoms with Crippen LogP contribution in [0.5, 0.6) is 0 Å². The Bertz CT molecular complexity index is 228. The van der Waals surface area contributed by atoms with Crippen LogP contribution in [0.3, 0.4) is 0 Å². The Morgan fingerprint density at radius 3 is 2.56 bits per heavy atom. The Morgan fingerprint density at radius 1 is 1.22 bits per heavy atom. The summed E-state index contributed by atoms with van der Waals surface area (Å²) in [7, 11) is 2.26. The molecule has 3 heteroatoms. The number of nitrogens with one attached hydrogen (secondary N) is 1. The van der Waals surface area contributed by atoms with Crippen molar-refractivity contribution in [3.63, 3.8) is 0 Å². The fraction of sp³-hybridized carbons (Fsp3) is 1.00. The van der Waals surface area contributed by atoms with Gasteiger partial charge in [-0.15, -0.1) is 0 Å². The highest BCUT2D eigenvalue weighted by molar-refractivity contribution is 4.83. The minimum absolute atomic E-state index is 0.367. The van der Waals surface area contributed by atoms with Gasteiger partial charge in [0.15, 0.2) is 0 Å². The SMILES string of the molecule is CCNCC(C)(C)CN1CCCN(C)CC1CC. The van der Waals surface area contributed by atoms with Gasteiger partial charge in [-0.25, -0.2) is 0 Å². The third kappa shape index (κ3) is 5.25. The van der Waals surface area contributed by atoms with E-state index in [1.165, 1.54) is 39.0 Å². The molecule has 0 bridgehead atoms. The average molecular weight is 255 g/mol. The van der Waals surface area contributed by atoms with E-state index >= 15 is 0 Å². The summed E-state index contributed by atoms with van der Waals surface area (Å²) in [5.74, 6) is 0. The highest BCUT2D eigenvalue weighted by atomic mass is 15.2. The predicted octanol–water partition coefficient (Wildman–Crippen LogP) is 2.04. The maximum Gasteiger partial charge on any atom is 0.0220 e. The van der Waals surface area contributed by atoms with Crippen molar-refractivity contribution < 1.29 is 0 Å². The summed E-state index contributed by atoms with van der Waals surface area (Å²) in [5.41, 5.74) is 0.367. The maximum atomic E-state index is 3.50. The predicted molar refractivity (Wildman–Crippen MR) is 80.1 cm³/mol. The monoisotopic (exact) mass is 255 g/mol. The normalized spacial score (nSPS) is 24.2. The molecule has 1 aliphatic heterocycles. The van der Waals surface area contributed by atoms with E-state index in [0.717, 1.165) is 19.1 Å². The highest BCUT2D eigenvalue weighted by Gasteiger charge is 2.27. The molecule has 1 atom stereocenters. The van der Waals surface area contributed by atoms with Gasteiger partial charge in [0.05, 0.1) is 0 Å². The average Bonchev–Trinajstić information content (AvgIpc) is 2.48. The number of hydrogen-bond acceptors (Lipinski definition) is 3. The Balaban J connectivity index is 2.56. The van der Waals surface area contributed by atoms with Crippen LogP contribution in [0.4, 0.5) is 0 Å². The van der Waals surface area contributed by atoms with E-state index in [0.29, 0.717) is 5.41 Å². The molecule has 0 spiro atoms. The van der Waals surface area contributed by atoms with Crippen LogP contribution >= 0.6 is 0 Å². The summed E-state index contributed by atoms with van der Waals surface area (Å²) in [4.78, 5) is 5.21. The van der Waals surface area contributed by atoms with Crippen LogP contribution in [0.15, 0.2) is 0 Å². The molecule has 1 rings (SSSR count). The molecule has 0 amide bonds. The molecule has 1 saturated heterocycles. The van der Waals surface area contributed by atoms with Gasteiger partial charge in [-0.05, 0) is 44.9 Å². The van der Waals surface area contributed by atoms with Crippen LogP contribution in [0.2, 0.25) is 0 Å². The van der Waals surface area contributed by atoms with Crippen LogP contribution in [0, 0.1) is 5.41 Å². The Hall–Kier alpha value is -0.120. The van der Waals surface area contributed by atoms with Gasteiger partial charge in [0.2, 0.25) is 0 Å². The van der Waals surface area contributed by atoms with E-state index < -0.39 is 0 Å². The second-order valence-electron chi connectivity index (χ2n) is 6.59. The molecule has 0 aliphatic carbocycles. The Morgan fingerprint density at radius 2 is 1.94 bits per heavy atom. The quantitative estimate of drug-likeness (QED) is 0.783. The van der Waals surface area contributed by atoms with E-state index in [1.807, 2.05) is 0 Å². The first kappa shape index (κ1) is 15.9. The van der Waals surface area contributed by atoms with Crippen molar-refractivity contribution >= 4 is 0 Å². The molecule has 1 unspecified atom stereocenters. The van der Waals surface area contributed by atoms with E-state index in [9.17, 15) is 0 Å². The van der Waals surface area contributed by atoms with Gasteiger partial charge < -0.3 is 10.2 Å². The number of nitrogens with zero attached hydrogens (tertiary/aromatic N) is 2. The summed E-state index contributed by atoms with van der Waals surface area (Å²) in [5, 5.41) is 3.50. The molecule has 108 valence electrons. The van der Waals surface area contributed by atoms with Crippen LogP contribution in [0.1, 0.15) is 40.5 Å². The molecule has 1 N–H and O–H groups in total. The topological polar surface area (TPSA) is 18.5 Å². The van der Waals surface area contributed by atoms with E-state index in [4.69, 9.17) is 0 Å². The standard InChI is InChI=1S/C15H33N3/c1-6-14-11-17(5)9-8-10-18(14)13-15(3,4)12-16-7-2/h14,16H,6-13H2,1-5H3. The zero-order valence-electron chi connectivity index (χ0n) is 13.1. The van der Waals surface area contributed by atoms with Crippen molar-refractivity contribution in [1.82, 2.24) is 15.1 Å². The number of likely N-dealkylation sites (N-methyl/N-ethyl adjacent to an activating group) is 1. The van der Waals surface area contributed by atoms with Crippen LogP contribution in [-0.2, 0) is 0 Å². The van der Waals surface area contributed by atoms with Crippen molar-refractivity contribution in [2.75, 3.05) is 46.3 Å². The first-order valence-electron chi connectivity index (χ1n) is 7.62. The van der Waals surface area contributed by atoms with Crippen LogP contribution in [0.25, 0.3) is 0 Å². The van der Waals surface area contributed by atoms with Gasteiger partial charge in [0, 0.05) is 25.7 Å². The van der Waals surface area contributed by atoms with Crippen molar-refractivity contribution in [3.05, 3.63) is 0 Å². The van der Waals surface area contributed by atoms with Gasteiger partial charge in [0.1, 0.15) is 0 Å². The summed E-state index contributed by atoms with van der Waals surface area (Å²) >= 11 is 0. The largest absolute Gasteiger partial charge is 0.316 e. The highest BCUT2D eigenvalue weighted by Crippen LogP contribution is 2.21. The minimum atomic E-state index is 0.367. The first-order chi connectivity index (χ1) is 8.48. The fourth-order valence-electron chi connectivity index (χ4n) is 2.96. The zero-order valence-corrected chi connectivity index (χ0v) is 13.1. The van der Waals surface area contributed by atoms with Gasteiger partial charge in [-0.1, -0.05) is 27.7 Å². The van der Waals surface area contributed by atoms with Gasteiger partial charge in [-0.3, -0.25) is 4.90 Å². The third-order valence-electron chi connectivity index (χ3n) is 3.98. The second-order valence-corrected chi connectivity index (χ2v) is 6.59. The van der Waals surface area contributed by atoms with Crippen LogP contribution in [-0.4, -0.2) is 62.2 Å². The number of rotatable bonds is 6. The minimum Gasteiger partial charge on any atom is -0.316 e. The first-order valence-corrected chi connectivity index (χ1v) is 7.62. The lowest BCUT2D eigenvalue weighted by molar-refractivity contribution is 0.123. The third-order valence-corrected chi connectivity index (χ3v) is 3.98. The summed E-state index contributed by atoms with van der Waals surface area (Å²) in [6.07, 6.45) is 2.58. The van der Waals surface area contributed by atoms with Crippen molar-refractivity contribution in [2.45, 2.75) is 46.6 Å². The van der Waals surface area contributed by atoms with Gasteiger partial charge >= 0.3 is 0 Å². The second kappa shape index (κ2) is 7.46. The zero-order chi connectivity index (χ0) is 13.6. The van der Waals surface area contributed by atoms with Gasteiger partial charge in [-0.2, -0.15) is 0 Å². The smallest absolute Gasteiger partial charge is 0.0220 e. The molecule has 0 aromatic rings. The summed E-state index contributed by atoms with van der Waals surface area (Å²) < 4.78 is 0. The number of hydrogen-bond donors (Lipinski definition) is 1. The Kier molecular flexibility index (Phi) is 6.61. The lowest BCUT2D eigenvalue weighted by Crippen LogP contribution is -2.47. The molecule has 1 fully saturated rings. The van der Waals surface area contributed by atoms with E-state index in [2.05, 4.69) is 49.9 Å². The van der Waals surface area contributed by atoms with Crippen LogP contribution < -0.4 is 5.32 Å². The van der Waals surface area contributed by atoms with Gasteiger partial charge in [0.25, 0.3) is 0 Å². The lowest BCUT2D eigenvalue weighted by atomic mass is 9.91. The molecule has 3 nitrogen and oxygen atoms in total. The van der Waals surface area contributed by atoms with E-state index in [1.54, 1.807) is 0 Å². The molecule has 0 saturated carbocycles. The molecule has 18 heavy (non-hydrogen) atoms. The molecular formula is C15H33N3. The van der Waals surface area contributed by atoms with Crippen molar-refractivity contribution in [3.8, 4) is 0 Å². The maximum absolute atomic E-state index is 3.50. The molecule has 0 aromatic heterocycles. The summed E-state index contributed by atoms with van der Waals surface area (Å²) in [6, 6.07) is 0.735. The molecule has 1 aliphatic rings. The summed E-state index contributed by atoms with van der Waals surface area (Å²) in [6.45, 7) is 16.4. The van der Waals surface area contributed by atoms with E-state index in [-0.39, 0.29) is 0 Å². The fourth-order valence-corrected chi connectivity index (χ4v) is 2.96. The molecule has 1 heterocycles. The van der Waals surface area contributed by atoms with Crippen molar-refractivity contribution in [1.29, 1.82) is 0 Å². The molecule has 0 aromatic carbocycles. The van der Waals surface area contributed by atoms with Crippen molar-refractivity contribution in [2.24, 2.45) is 5.41 Å². The Labute approximate surface area is 114 Å². The molecule has 0 radical (unpaired) electrons. The lowest BCUT2D eigenvalue weighted by Gasteiger charge is -2.37.